The molecule has 2 rings (SSSR count). The van der Waals surface area contributed by atoms with Gasteiger partial charge in [-0.1, -0.05) is 6.92 Å². The zero-order valence-corrected chi connectivity index (χ0v) is 12.1. The first-order valence-electron chi connectivity index (χ1n) is 7.44. The molecule has 3 nitrogen and oxygen atoms in total. The number of aliphatic hydroxyl groups excluding tert-OH is 1. The molecule has 0 bridgehead atoms. The lowest BCUT2D eigenvalue weighted by molar-refractivity contribution is 0.136. The first-order chi connectivity index (χ1) is 9.67. The van der Waals surface area contributed by atoms with Crippen LogP contribution in [0.2, 0.25) is 0 Å². The molecule has 4 heteroatoms. The van der Waals surface area contributed by atoms with E-state index in [0.717, 1.165) is 19.3 Å². The molecule has 0 aliphatic heterocycles. The van der Waals surface area contributed by atoms with Crippen LogP contribution in [0.5, 0.6) is 5.75 Å². The van der Waals surface area contributed by atoms with Crippen molar-refractivity contribution in [2.75, 3.05) is 13.2 Å². The van der Waals surface area contributed by atoms with Gasteiger partial charge in [-0.15, -0.1) is 0 Å². The summed E-state index contributed by atoms with van der Waals surface area (Å²) in [5.41, 5.74) is -0.173. The zero-order chi connectivity index (χ0) is 14.4. The fourth-order valence-corrected chi connectivity index (χ4v) is 2.38. The van der Waals surface area contributed by atoms with E-state index >= 15 is 0 Å². The SMILES string of the molecule is CCC(CO)(CCCOc1ccc(F)cc1)NC1CC1. The molecule has 2 N–H and O–H groups in total. The minimum absolute atomic E-state index is 0.163. The summed E-state index contributed by atoms with van der Waals surface area (Å²) in [6, 6.07) is 6.65. The minimum Gasteiger partial charge on any atom is -0.494 e. The Morgan fingerprint density at radius 2 is 2.05 bits per heavy atom. The van der Waals surface area contributed by atoms with Gasteiger partial charge < -0.3 is 15.2 Å². The maximum atomic E-state index is 12.8. The van der Waals surface area contributed by atoms with Crippen LogP contribution in [0.15, 0.2) is 24.3 Å². The van der Waals surface area contributed by atoms with Crippen LogP contribution in [-0.2, 0) is 0 Å². The molecule has 1 fully saturated rings. The second-order valence-electron chi connectivity index (χ2n) is 5.62. The number of hydrogen-bond acceptors (Lipinski definition) is 3. The molecule has 0 spiro atoms. The van der Waals surface area contributed by atoms with E-state index in [1.807, 2.05) is 0 Å². The van der Waals surface area contributed by atoms with Gasteiger partial charge in [-0.25, -0.2) is 4.39 Å². The second-order valence-corrected chi connectivity index (χ2v) is 5.62. The highest BCUT2D eigenvalue weighted by atomic mass is 19.1. The van der Waals surface area contributed by atoms with Gasteiger partial charge in [0.1, 0.15) is 11.6 Å². The number of aliphatic hydroxyl groups is 1. The smallest absolute Gasteiger partial charge is 0.123 e. The van der Waals surface area contributed by atoms with Crippen molar-refractivity contribution in [3.05, 3.63) is 30.1 Å². The average Bonchev–Trinajstić information content (AvgIpc) is 3.28. The van der Waals surface area contributed by atoms with Crippen LogP contribution in [-0.4, -0.2) is 29.9 Å². The Bertz CT molecular complexity index is 399. The molecular formula is C16H24FNO2. The van der Waals surface area contributed by atoms with E-state index in [9.17, 15) is 9.50 Å². The predicted molar refractivity (Wildman–Crippen MR) is 77.4 cm³/mol. The van der Waals surface area contributed by atoms with Crippen molar-refractivity contribution in [2.24, 2.45) is 0 Å². The van der Waals surface area contributed by atoms with Crippen LogP contribution in [0, 0.1) is 5.82 Å². The summed E-state index contributed by atoms with van der Waals surface area (Å²) >= 11 is 0. The fraction of sp³-hybridized carbons (Fsp3) is 0.625. The average molecular weight is 281 g/mol. The molecule has 1 aliphatic carbocycles. The van der Waals surface area contributed by atoms with Gasteiger partial charge in [-0.05, 0) is 56.4 Å². The predicted octanol–water partition coefficient (Wildman–Crippen LogP) is 2.88. The van der Waals surface area contributed by atoms with Crippen molar-refractivity contribution in [1.29, 1.82) is 0 Å². The number of hydrogen-bond donors (Lipinski definition) is 2. The number of nitrogens with one attached hydrogen (secondary N) is 1. The van der Waals surface area contributed by atoms with Crippen molar-refractivity contribution in [1.82, 2.24) is 5.32 Å². The van der Waals surface area contributed by atoms with Gasteiger partial charge in [0.05, 0.1) is 13.2 Å². The van der Waals surface area contributed by atoms with E-state index in [1.165, 1.54) is 25.0 Å². The maximum Gasteiger partial charge on any atom is 0.123 e. The summed E-state index contributed by atoms with van der Waals surface area (Å²) in [6.07, 6.45) is 5.10. The fourth-order valence-electron chi connectivity index (χ4n) is 2.38. The molecule has 0 radical (unpaired) electrons. The Balaban J connectivity index is 1.73. The third-order valence-electron chi connectivity index (χ3n) is 3.95. The standard InChI is InChI=1S/C16H24FNO2/c1-2-16(12-19,18-14-6-7-14)10-3-11-20-15-8-4-13(17)5-9-15/h4-5,8-9,14,18-19H,2-3,6-7,10-12H2,1H3. The quantitative estimate of drug-likeness (QED) is 0.684. The van der Waals surface area contributed by atoms with E-state index in [1.54, 1.807) is 12.1 Å². The molecule has 1 saturated carbocycles. The largest absolute Gasteiger partial charge is 0.494 e. The van der Waals surface area contributed by atoms with Gasteiger partial charge in [0.25, 0.3) is 0 Å². The van der Waals surface area contributed by atoms with Crippen LogP contribution in [0.3, 0.4) is 0 Å². The zero-order valence-electron chi connectivity index (χ0n) is 12.1. The minimum atomic E-state index is -0.253. The first kappa shape index (κ1) is 15.3. The molecule has 1 unspecified atom stereocenters. The van der Waals surface area contributed by atoms with Gasteiger partial charge in [-0.2, -0.15) is 0 Å². The van der Waals surface area contributed by atoms with Crippen molar-refractivity contribution in [3.63, 3.8) is 0 Å². The first-order valence-corrected chi connectivity index (χ1v) is 7.44. The van der Waals surface area contributed by atoms with Crippen LogP contribution < -0.4 is 10.1 Å². The molecule has 0 heterocycles. The van der Waals surface area contributed by atoms with Gasteiger partial charge in [0.15, 0.2) is 0 Å². The van der Waals surface area contributed by atoms with Gasteiger partial charge in [-0.3, -0.25) is 0 Å². The van der Waals surface area contributed by atoms with Crippen LogP contribution in [0.4, 0.5) is 4.39 Å². The summed E-state index contributed by atoms with van der Waals surface area (Å²) in [6.45, 7) is 2.85. The Morgan fingerprint density at radius 1 is 1.35 bits per heavy atom. The number of ether oxygens (including phenoxy) is 1. The van der Waals surface area contributed by atoms with E-state index < -0.39 is 0 Å². The van der Waals surface area contributed by atoms with E-state index in [-0.39, 0.29) is 18.0 Å². The summed E-state index contributed by atoms with van der Waals surface area (Å²) in [5.74, 6) is 0.434. The molecule has 20 heavy (non-hydrogen) atoms. The third-order valence-corrected chi connectivity index (χ3v) is 3.95. The lowest BCUT2D eigenvalue weighted by atomic mass is 9.91. The van der Waals surface area contributed by atoms with Crippen LogP contribution in [0.25, 0.3) is 0 Å². The maximum absolute atomic E-state index is 12.8. The monoisotopic (exact) mass is 281 g/mol. The Morgan fingerprint density at radius 3 is 2.60 bits per heavy atom. The molecule has 1 atom stereocenters. The third kappa shape index (κ3) is 4.46. The summed E-state index contributed by atoms with van der Waals surface area (Å²) in [5, 5.41) is 13.2. The van der Waals surface area contributed by atoms with E-state index in [2.05, 4.69) is 12.2 Å². The number of rotatable bonds is 9. The molecule has 0 aromatic heterocycles. The van der Waals surface area contributed by atoms with E-state index in [4.69, 9.17) is 4.74 Å². The molecule has 1 aliphatic rings. The Hall–Kier alpha value is -1.13. The van der Waals surface area contributed by atoms with Gasteiger partial charge in [0.2, 0.25) is 0 Å². The topological polar surface area (TPSA) is 41.5 Å². The van der Waals surface area contributed by atoms with Crippen molar-refractivity contribution in [2.45, 2.75) is 50.6 Å². The van der Waals surface area contributed by atoms with Crippen LogP contribution in [0.1, 0.15) is 39.0 Å². The normalized spacial score (nSPS) is 17.8. The molecule has 1 aromatic carbocycles. The van der Waals surface area contributed by atoms with Crippen molar-refractivity contribution >= 4 is 0 Å². The van der Waals surface area contributed by atoms with Gasteiger partial charge >= 0.3 is 0 Å². The second kappa shape index (κ2) is 7.04. The van der Waals surface area contributed by atoms with E-state index in [0.29, 0.717) is 18.4 Å². The highest BCUT2D eigenvalue weighted by Crippen LogP contribution is 2.26. The summed E-state index contributed by atoms with van der Waals surface area (Å²) in [7, 11) is 0. The Labute approximate surface area is 120 Å². The molecule has 112 valence electrons. The molecule has 0 saturated heterocycles. The molecular weight excluding hydrogens is 257 g/mol. The Kier molecular flexibility index (Phi) is 5.38. The number of benzene rings is 1. The summed E-state index contributed by atoms with van der Waals surface area (Å²) in [4.78, 5) is 0. The molecule has 1 aromatic rings. The molecule has 0 amide bonds. The number of halogens is 1. The van der Waals surface area contributed by atoms with Crippen molar-refractivity contribution in [3.8, 4) is 5.75 Å². The van der Waals surface area contributed by atoms with Crippen molar-refractivity contribution < 1.29 is 14.2 Å². The van der Waals surface area contributed by atoms with Crippen LogP contribution >= 0.6 is 0 Å². The lowest BCUT2D eigenvalue weighted by Crippen LogP contribution is -2.49. The highest BCUT2D eigenvalue weighted by molar-refractivity contribution is 5.21. The lowest BCUT2D eigenvalue weighted by Gasteiger charge is -2.32. The van der Waals surface area contributed by atoms with Gasteiger partial charge in [0, 0.05) is 11.6 Å². The summed E-state index contributed by atoms with van der Waals surface area (Å²) < 4.78 is 18.3. The highest BCUT2D eigenvalue weighted by Gasteiger charge is 2.33.